The minimum atomic E-state index is 0.276. The van der Waals surface area contributed by atoms with Crippen molar-refractivity contribution in [2.75, 3.05) is 12.8 Å². The molecule has 102 valence electrons. The second-order valence-electron chi connectivity index (χ2n) is 5.51. The SMILES string of the molecule is CSC(C)(C)CNCc1cc(C)nc2ccccc12. The number of benzene rings is 1. The molecule has 0 aliphatic rings. The summed E-state index contributed by atoms with van der Waals surface area (Å²) < 4.78 is 0.276. The average molecular weight is 274 g/mol. The number of thioether (sulfide) groups is 1. The molecule has 0 spiro atoms. The van der Waals surface area contributed by atoms with Gasteiger partial charge < -0.3 is 5.32 Å². The molecule has 0 amide bonds. The van der Waals surface area contributed by atoms with Crippen molar-refractivity contribution in [1.29, 1.82) is 0 Å². The summed E-state index contributed by atoms with van der Waals surface area (Å²) in [6, 6.07) is 10.5. The summed E-state index contributed by atoms with van der Waals surface area (Å²) in [5, 5.41) is 4.82. The predicted molar refractivity (Wildman–Crippen MR) is 85.8 cm³/mol. The van der Waals surface area contributed by atoms with Gasteiger partial charge in [-0.2, -0.15) is 11.8 Å². The van der Waals surface area contributed by atoms with E-state index in [0.29, 0.717) is 0 Å². The fourth-order valence-corrected chi connectivity index (χ4v) is 2.36. The molecular weight excluding hydrogens is 252 g/mol. The molecule has 0 fully saturated rings. The zero-order chi connectivity index (χ0) is 13.9. The molecule has 3 heteroatoms. The van der Waals surface area contributed by atoms with E-state index in [0.717, 1.165) is 24.3 Å². The number of aryl methyl sites for hydroxylation is 1. The van der Waals surface area contributed by atoms with Crippen molar-refractivity contribution in [2.45, 2.75) is 32.1 Å². The Labute approximate surface area is 120 Å². The van der Waals surface area contributed by atoms with Crippen molar-refractivity contribution in [3.63, 3.8) is 0 Å². The van der Waals surface area contributed by atoms with Gasteiger partial charge in [0, 0.05) is 28.9 Å². The summed E-state index contributed by atoms with van der Waals surface area (Å²) in [4.78, 5) is 4.58. The quantitative estimate of drug-likeness (QED) is 0.898. The topological polar surface area (TPSA) is 24.9 Å². The van der Waals surface area contributed by atoms with Crippen molar-refractivity contribution in [2.24, 2.45) is 0 Å². The number of hydrogen-bond donors (Lipinski definition) is 1. The zero-order valence-electron chi connectivity index (χ0n) is 12.2. The number of nitrogens with one attached hydrogen (secondary N) is 1. The van der Waals surface area contributed by atoms with Crippen molar-refractivity contribution in [3.8, 4) is 0 Å². The summed E-state index contributed by atoms with van der Waals surface area (Å²) >= 11 is 1.89. The molecule has 1 aromatic heterocycles. The van der Waals surface area contributed by atoms with Crippen LogP contribution in [0.1, 0.15) is 25.1 Å². The van der Waals surface area contributed by atoms with Gasteiger partial charge in [0.05, 0.1) is 5.52 Å². The van der Waals surface area contributed by atoms with Gasteiger partial charge in [0.1, 0.15) is 0 Å². The van der Waals surface area contributed by atoms with Crippen LogP contribution in [-0.4, -0.2) is 22.5 Å². The van der Waals surface area contributed by atoms with E-state index in [9.17, 15) is 0 Å². The van der Waals surface area contributed by atoms with Gasteiger partial charge in [0.25, 0.3) is 0 Å². The standard InChI is InChI=1S/C16H22N2S/c1-12-9-13(10-17-11-16(2,3)19-4)14-7-5-6-8-15(14)18-12/h5-9,17H,10-11H2,1-4H3. The molecule has 19 heavy (non-hydrogen) atoms. The summed E-state index contributed by atoms with van der Waals surface area (Å²) in [6.45, 7) is 8.49. The molecule has 0 saturated heterocycles. The highest BCUT2D eigenvalue weighted by molar-refractivity contribution is 7.99. The molecule has 0 bridgehead atoms. The molecule has 2 aromatic rings. The predicted octanol–water partition coefficient (Wildman–Crippen LogP) is 3.77. The smallest absolute Gasteiger partial charge is 0.0708 e. The van der Waals surface area contributed by atoms with E-state index in [1.54, 1.807) is 0 Å². The summed E-state index contributed by atoms with van der Waals surface area (Å²) in [5.74, 6) is 0. The van der Waals surface area contributed by atoms with Gasteiger partial charge in [0.15, 0.2) is 0 Å². The van der Waals surface area contributed by atoms with E-state index in [1.807, 2.05) is 17.8 Å². The Morgan fingerprint density at radius 3 is 2.74 bits per heavy atom. The fourth-order valence-electron chi connectivity index (χ4n) is 2.11. The first-order valence-corrected chi connectivity index (χ1v) is 7.85. The Bertz CT molecular complexity index is 564. The van der Waals surface area contributed by atoms with Crippen molar-refractivity contribution in [1.82, 2.24) is 10.3 Å². The Balaban J connectivity index is 2.16. The Morgan fingerprint density at radius 2 is 2.00 bits per heavy atom. The Kier molecular flexibility index (Phi) is 4.48. The minimum absolute atomic E-state index is 0.276. The molecule has 1 heterocycles. The monoisotopic (exact) mass is 274 g/mol. The first-order valence-electron chi connectivity index (χ1n) is 6.63. The van der Waals surface area contributed by atoms with Gasteiger partial charge in [0.2, 0.25) is 0 Å². The molecule has 0 radical (unpaired) electrons. The highest BCUT2D eigenvalue weighted by Gasteiger charge is 2.15. The van der Waals surface area contributed by atoms with Gasteiger partial charge in [-0.3, -0.25) is 4.98 Å². The van der Waals surface area contributed by atoms with Crippen LogP contribution < -0.4 is 5.32 Å². The van der Waals surface area contributed by atoms with E-state index in [1.165, 1.54) is 10.9 Å². The average Bonchev–Trinajstić information content (AvgIpc) is 2.38. The van der Waals surface area contributed by atoms with Crippen LogP contribution in [0.25, 0.3) is 10.9 Å². The second kappa shape index (κ2) is 5.93. The molecule has 0 aliphatic carbocycles. The number of hydrogen-bond acceptors (Lipinski definition) is 3. The third kappa shape index (κ3) is 3.71. The number of para-hydroxylation sites is 1. The van der Waals surface area contributed by atoms with Gasteiger partial charge in [-0.05, 0) is 44.7 Å². The molecule has 2 nitrogen and oxygen atoms in total. The van der Waals surface area contributed by atoms with Crippen molar-refractivity contribution < 1.29 is 0 Å². The van der Waals surface area contributed by atoms with Crippen LogP contribution in [0.2, 0.25) is 0 Å². The molecule has 0 atom stereocenters. The number of pyridine rings is 1. The third-order valence-corrected chi connectivity index (χ3v) is 4.60. The molecule has 1 N–H and O–H groups in total. The molecular formula is C16H22N2S. The van der Waals surface area contributed by atoms with Crippen LogP contribution in [0.3, 0.4) is 0 Å². The highest BCUT2D eigenvalue weighted by Crippen LogP contribution is 2.21. The first-order chi connectivity index (χ1) is 9.02. The molecule has 0 unspecified atom stereocenters. The van der Waals surface area contributed by atoms with E-state index in [2.05, 4.69) is 61.6 Å². The third-order valence-electron chi connectivity index (χ3n) is 3.35. The first kappa shape index (κ1) is 14.4. The van der Waals surface area contributed by atoms with Gasteiger partial charge in [-0.1, -0.05) is 18.2 Å². The van der Waals surface area contributed by atoms with Crippen LogP contribution in [0.15, 0.2) is 30.3 Å². The minimum Gasteiger partial charge on any atom is -0.311 e. The highest BCUT2D eigenvalue weighted by atomic mass is 32.2. The molecule has 0 saturated carbocycles. The summed E-state index contributed by atoms with van der Waals surface area (Å²) in [7, 11) is 0. The fraction of sp³-hybridized carbons (Fsp3) is 0.438. The number of fused-ring (bicyclic) bond motifs is 1. The Morgan fingerprint density at radius 1 is 1.26 bits per heavy atom. The maximum Gasteiger partial charge on any atom is 0.0708 e. The van der Waals surface area contributed by atoms with Crippen molar-refractivity contribution >= 4 is 22.7 Å². The van der Waals surface area contributed by atoms with Crippen molar-refractivity contribution in [3.05, 3.63) is 41.6 Å². The lowest BCUT2D eigenvalue weighted by molar-refractivity contribution is 0.592. The van der Waals surface area contributed by atoms with Gasteiger partial charge in [-0.25, -0.2) is 0 Å². The van der Waals surface area contributed by atoms with Crippen LogP contribution >= 0.6 is 11.8 Å². The molecule has 1 aromatic carbocycles. The molecule has 0 aliphatic heterocycles. The van der Waals surface area contributed by atoms with Crippen LogP contribution in [0.5, 0.6) is 0 Å². The second-order valence-corrected chi connectivity index (χ2v) is 7.02. The van der Waals surface area contributed by atoms with Gasteiger partial charge >= 0.3 is 0 Å². The lowest BCUT2D eigenvalue weighted by atomic mass is 10.1. The Hall–Kier alpha value is -1.06. The molecule has 2 rings (SSSR count). The number of nitrogens with zero attached hydrogens (tertiary/aromatic N) is 1. The van der Waals surface area contributed by atoms with E-state index >= 15 is 0 Å². The van der Waals surface area contributed by atoms with Crippen LogP contribution in [-0.2, 0) is 6.54 Å². The van der Waals surface area contributed by atoms with Crippen LogP contribution in [0, 0.1) is 6.92 Å². The summed E-state index contributed by atoms with van der Waals surface area (Å²) in [6.07, 6.45) is 2.16. The van der Waals surface area contributed by atoms with E-state index in [-0.39, 0.29) is 4.75 Å². The normalized spacial score (nSPS) is 12.0. The van der Waals surface area contributed by atoms with E-state index in [4.69, 9.17) is 0 Å². The zero-order valence-corrected chi connectivity index (χ0v) is 13.0. The number of rotatable bonds is 5. The maximum absolute atomic E-state index is 4.58. The number of aromatic nitrogens is 1. The maximum atomic E-state index is 4.58. The van der Waals surface area contributed by atoms with Gasteiger partial charge in [-0.15, -0.1) is 0 Å². The van der Waals surface area contributed by atoms with E-state index < -0.39 is 0 Å². The van der Waals surface area contributed by atoms with Crippen LogP contribution in [0.4, 0.5) is 0 Å². The lowest BCUT2D eigenvalue weighted by Crippen LogP contribution is -2.31. The largest absolute Gasteiger partial charge is 0.311 e. The lowest BCUT2D eigenvalue weighted by Gasteiger charge is -2.22. The summed E-state index contributed by atoms with van der Waals surface area (Å²) in [5.41, 5.74) is 3.50.